The highest BCUT2D eigenvalue weighted by atomic mass is 15.2. The molecule has 5 heteroatoms. The fourth-order valence-electron chi connectivity index (χ4n) is 3.77. The van der Waals surface area contributed by atoms with E-state index in [9.17, 15) is 0 Å². The molecule has 2 aliphatic rings. The number of rotatable bonds is 4. The molecular weight excluding hydrogens is 274 g/mol. The summed E-state index contributed by atoms with van der Waals surface area (Å²) in [4.78, 5) is 16.2. The van der Waals surface area contributed by atoms with Gasteiger partial charge in [0, 0.05) is 33.2 Å². The van der Waals surface area contributed by atoms with Crippen molar-refractivity contribution in [1.82, 2.24) is 14.9 Å². The predicted octanol–water partition coefficient (Wildman–Crippen LogP) is 2.24. The van der Waals surface area contributed by atoms with E-state index in [1.807, 2.05) is 31.4 Å². The van der Waals surface area contributed by atoms with Gasteiger partial charge in [0.1, 0.15) is 11.6 Å². The number of aromatic nitrogens is 2. The van der Waals surface area contributed by atoms with Crippen LogP contribution in [-0.4, -0.2) is 61.2 Å². The fourth-order valence-corrected chi connectivity index (χ4v) is 3.77. The number of piperidine rings is 1. The standard InChI is InChI=1S/C17H29N5/c1-14(21-8-4-5-9-21)15-6-10-22(11-7-15)17-13-18-12-16(19-17)20(2)3/h12-15H,4-11H2,1-3H3. The van der Waals surface area contributed by atoms with Crippen molar-refractivity contribution in [3.8, 4) is 0 Å². The molecule has 0 saturated carbocycles. The van der Waals surface area contributed by atoms with Gasteiger partial charge in [-0.25, -0.2) is 4.98 Å². The third kappa shape index (κ3) is 3.35. The Bertz CT molecular complexity index is 476. The normalized spacial score (nSPS) is 22.0. The number of hydrogen-bond donors (Lipinski definition) is 0. The SMILES string of the molecule is CC(C1CCN(c2cncc(N(C)C)n2)CC1)N1CCCC1. The molecule has 0 aliphatic carbocycles. The van der Waals surface area contributed by atoms with Crippen LogP contribution in [0.15, 0.2) is 12.4 Å². The van der Waals surface area contributed by atoms with E-state index in [0.717, 1.165) is 36.7 Å². The van der Waals surface area contributed by atoms with Crippen LogP contribution in [-0.2, 0) is 0 Å². The van der Waals surface area contributed by atoms with Crippen molar-refractivity contribution in [3.63, 3.8) is 0 Å². The molecule has 3 rings (SSSR count). The molecule has 0 bridgehead atoms. The molecule has 0 aromatic carbocycles. The average molecular weight is 303 g/mol. The molecule has 0 amide bonds. The van der Waals surface area contributed by atoms with Crippen molar-refractivity contribution < 1.29 is 0 Å². The topological polar surface area (TPSA) is 35.5 Å². The zero-order valence-corrected chi connectivity index (χ0v) is 14.2. The second-order valence-corrected chi connectivity index (χ2v) is 6.94. The number of anilines is 2. The fraction of sp³-hybridized carbons (Fsp3) is 0.765. The first kappa shape index (κ1) is 15.5. The van der Waals surface area contributed by atoms with Gasteiger partial charge in [-0.2, -0.15) is 0 Å². The largest absolute Gasteiger partial charge is 0.361 e. The summed E-state index contributed by atoms with van der Waals surface area (Å²) in [5, 5.41) is 0. The van der Waals surface area contributed by atoms with Crippen molar-refractivity contribution in [3.05, 3.63) is 12.4 Å². The number of hydrogen-bond acceptors (Lipinski definition) is 5. The molecule has 0 radical (unpaired) electrons. The molecule has 1 atom stereocenters. The first-order valence-electron chi connectivity index (χ1n) is 8.63. The van der Waals surface area contributed by atoms with Crippen molar-refractivity contribution in [2.45, 2.75) is 38.6 Å². The maximum absolute atomic E-state index is 4.72. The zero-order valence-electron chi connectivity index (χ0n) is 14.2. The second kappa shape index (κ2) is 6.82. The van der Waals surface area contributed by atoms with E-state index in [2.05, 4.69) is 21.7 Å². The van der Waals surface area contributed by atoms with E-state index < -0.39 is 0 Å². The summed E-state index contributed by atoms with van der Waals surface area (Å²) in [5.74, 6) is 2.79. The highest BCUT2D eigenvalue weighted by Crippen LogP contribution is 2.28. The van der Waals surface area contributed by atoms with E-state index in [-0.39, 0.29) is 0 Å². The third-order valence-corrected chi connectivity index (χ3v) is 5.33. The lowest BCUT2D eigenvalue weighted by Gasteiger charge is -2.38. The van der Waals surface area contributed by atoms with E-state index in [0.29, 0.717) is 0 Å². The zero-order chi connectivity index (χ0) is 15.5. The lowest BCUT2D eigenvalue weighted by molar-refractivity contribution is 0.167. The predicted molar refractivity (Wildman–Crippen MR) is 91.6 cm³/mol. The summed E-state index contributed by atoms with van der Waals surface area (Å²) in [7, 11) is 4.02. The van der Waals surface area contributed by atoms with Crippen molar-refractivity contribution >= 4 is 11.6 Å². The van der Waals surface area contributed by atoms with Gasteiger partial charge in [-0.05, 0) is 51.6 Å². The number of likely N-dealkylation sites (tertiary alicyclic amines) is 1. The van der Waals surface area contributed by atoms with Crippen LogP contribution >= 0.6 is 0 Å². The highest BCUT2D eigenvalue weighted by molar-refractivity contribution is 5.44. The van der Waals surface area contributed by atoms with Crippen LogP contribution in [0.2, 0.25) is 0 Å². The second-order valence-electron chi connectivity index (χ2n) is 6.94. The first-order chi connectivity index (χ1) is 10.6. The summed E-state index contributed by atoms with van der Waals surface area (Å²) in [6.07, 6.45) is 9.03. The molecule has 2 saturated heterocycles. The molecule has 2 fully saturated rings. The molecule has 122 valence electrons. The molecule has 3 heterocycles. The Kier molecular flexibility index (Phi) is 4.81. The minimum atomic E-state index is 0.740. The van der Waals surface area contributed by atoms with Crippen LogP contribution in [0, 0.1) is 5.92 Å². The molecule has 0 spiro atoms. The number of nitrogens with zero attached hydrogens (tertiary/aromatic N) is 5. The smallest absolute Gasteiger partial charge is 0.149 e. The molecule has 2 aliphatic heterocycles. The summed E-state index contributed by atoms with van der Waals surface area (Å²) in [6.45, 7) is 7.25. The lowest BCUT2D eigenvalue weighted by atomic mass is 9.89. The van der Waals surface area contributed by atoms with Crippen LogP contribution in [0.5, 0.6) is 0 Å². The van der Waals surface area contributed by atoms with Gasteiger partial charge in [-0.1, -0.05) is 0 Å². The Hall–Kier alpha value is -1.36. The van der Waals surface area contributed by atoms with E-state index >= 15 is 0 Å². The monoisotopic (exact) mass is 303 g/mol. The summed E-state index contributed by atoms with van der Waals surface area (Å²) in [5.41, 5.74) is 0. The molecule has 0 N–H and O–H groups in total. The summed E-state index contributed by atoms with van der Waals surface area (Å²) >= 11 is 0. The van der Waals surface area contributed by atoms with Crippen molar-refractivity contribution in [2.24, 2.45) is 5.92 Å². The van der Waals surface area contributed by atoms with E-state index in [1.165, 1.54) is 38.8 Å². The van der Waals surface area contributed by atoms with Crippen LogP contribution in [0.3, 0.4) is 0 Å². The van der Waals surface area contributed by atoms with Gasteiger partial charge in [-0.15, -0.1) is 0 Å². The van der Waals surface area contributed by atoms with Gasteiger partial charge in [0.25, 0.3) is 0 Å². The molecule has 1 aromatic rings. The van der Waals surface area contributed by atoms with Gasteiger partial charge in [0.05, 0.1) is 12.4 Å². The Labute approximate surface area is 134 Å². The van der Waals surface area contributed by atoms with Crippen LogP contribution < -0.4 is 9.80 Å². The Morgan fingerprint density at radius 2 is 1.77 bits per heavy atom. The minimum absolute atomic E-state index is 0.740. The maximum Gasteiger partial charge on any atom is 0.149 e. The van der Waals surface area contributed by atoms with Gasteiger partial charge in [0.15, 0.2) is 0 Å². The Morgan fingerprint density at radius 1 is 1.09 bits per heavy atom. The molecule has 5 nitrogen and oxygen atoms in total. The van der Waals surface area contributed by atoms with Gasteiger partial charge < -0.3 is 14.7 Å². The third-order valence-electron chi connectivity index (χ3n) is 5.33. The van der Waals surface area contributed by atoms with Crippen LogP contribution in [0.1, 0.15) is 32.6 Å². The molecule has 22 heavy (non-hydrogen) atoms. The molecule has 1 aromatic heterocycles. The molecule has 1 unspecified atom stereocenters. The average Bonchev–Trinajstić information content (AvgIpc) is 3.09. The Balaban J connectivity index is 1.58. The van der Waals surface area contributed by atoms with Crippen molar-refractivity contribution in [2.75, 3.05) is 50.1 Å². The maximum atomic E-state index is 4.72. The first-order valence-corrected chi connectivity index (χ1v) is 8.63. The Morgan fingerprint density at radius 3 is 2.41 bits per heavy atom. The summed E-state index contributed by atoms with van der Waals surface area (Å²) < 4.78 is 0. The minimum Gasteiger partial charge on any atom is -0.361 e. The van der Waals surface area contributed by atoms with Crippen LogP contribution in [0.4, 0.5) is 11.6 Å². The highest BCUT2D eigenvalue weighted by Gasteiger charge is 2.29. The summed E-state index contributed by atoms with van der Waals surface area (Å²) in [6, 6.07) is 0.740. The van der Waals surface area contributed by atoms with Gasteiger partial charge in [-0.3, -0.25) is 4.98 Å². The molecular formula is C17H29N5. The van der Waals surface area contributed by atoms with Crippen molar-refractivity contribution in [1.29, 1.82) is 0 Å². The quantitative estimate of drug-likeness (QED) is 0.852. The van der Waals surface area contributed by atoms with Crippen LogP contribution in [0.25, 0.3) is 0 Å². The van der Waals surface area contributed by atoms with Gasteiger partial charge >= 0.3 is 0 Å². The van der Waals surface area contributed by atoms with Gasteiger partial charge in [0.2, 0.25) is 0 Å². The lowest BCUT2D eigenvalue weighted by Crippen LogP contribution is -2.43. The van der Waals surface area contributed by atoms with E-state index in [4.69, 9.17) is 4.98 Å². The van der Waals surface area contributed by atoms with E-state index in [1.54, 1.807) is 0 Å².